The Morgan fingerprint density at radius 2 is 1.77 bits per heavy atom. The normalized spacial score (nSPS) is 11.6. The van der Waals surface area contributed by atoms with Crippen LogP contribution < -0.4 is 10.9 Å². The standard InChI is InChI=1S/C23H15Cl2F3N4O3/c1-11-6-7-17(29-21(34)13-8-15(24)20(33)16(25)9-13)18-19(11)30-31-32(22(18)35)10-12-4-2-3-5-14(12)23(26,27)28/h2-9,33H,10H2,1H3,(H,29,34). The van der Waals surface area contributed by atoms with E-state index >= 15 is 0 Å². The number of phenols is 1. The summed E-state index contributed by atoms with van der Waals surface area (Å²) in [4.78, 5) is 26.1. The quantitative estimate of drug-likeness (QED) is 0.372. The SMILES string of the molecule is Cc1ccc(NC(=O)c2cc(Cl)c(O)c(Cl)c2)c2c(=O)n(Cc3ccccc3C(F)(F)F)nnc12. The van der Waals surface area contributed by atoms with Gasteiger partial charge in [-0.2, -0.15) is 13.2 Å². The van der Waals surface area contributed by atoms with Gasteiger partial charge in [-0.1, -0.05) is 52.7 Å². The summed E-state index contributed by atoms with van der Waals surface area (Å²) in [6.45, 7) is 1.19. The number of aromatic nitrogens is 3. The van der Waals surface area contributed by atoms with Crippen LogP contribution in [0.4, 0.5) is 18.9 Å². The summed E-state index contributed by atoms with van der Waals surface area (Å²) in [7, 11) is 0. The van der Waals surface area contributed by atoms with E-state index in [1.165, 1.54) is 36.4 Å². The number of carbonyl (C=O) groups is 1. The highest BCUT2D eigenvalue weighted by Crippen LogP contribution is 2.34. The largest absolute Gasteiger partial charge is 0.505 e. The maximum atomic E-state index is 13.4. The first-order valence-electron chi connectivity index (χ1n) is 9.99. The Morgan fingerprint density at radius 3 is 2.43 bits per heavy atom. The molecule has 0 bridgehead atoms. The number of hydrogen-bond donors (Lipinski definition) is 2. The topological polar surface area (TPSA) is 97.1 Å². The smallest absolute Gasteiger partial charge is 0.416 e. The first kappa shape index (κ1) is 24.5. The molecule has 0 saturated heterocycles. The molecule has 0 aliphatic heterocycles. The predicted octanol–water partition coefficient (Wildman–Crippen LogP) is 5.43. The molecule has 7 nitrogen and oxygen atoms in total. The summed E-state index contributed by atoms with van der Waals surface area (Å²) in [5.74, 6) is -1.08. The van der Waals surface area contributed by atoms with Gasteiger partial charge < -0.3 is 10.4 Å². The Morgan fingerprint density at radius 1 is 1.11 bits per heavy atom. The van der Waals surface area contributed by atoms with Crippen molar-refractivity contribution in [2.75, 3.05) is 5.32 Å². The van der Waals surface area contributed by atoms with Crippen LogP contribution >= 0.6 is 23.2 Å². The number of halogens is 5. The third kappa shape index (κ3) is 4.80. The molecule has 0 unspecified atom stereocenters. The van der Waals surface area contributed by atoms with Gasteiger partial charge in [0, 0.05) is 5.56 Å². The Bertz CT molecular complexity index is 1510. The van der Waals surface area contributed by atoms with E-state index in [1.807, 2.05) is 0 Å². The number of carbonyl (C=O) groups excluding carboxylic acids is 1. The number of fused-ring (bicyclic) bond motifs is 1. The van der Waals surface area contributed by atoms with Gasteiger partial charge in [-0.15, -0.1) is 5.10 Å². The molecule has 1 amide bonds. The van der Waals surface area contributed by atoms with Crippen molar-refractivity contribution in [2.24, 2.45) is 0 Å². The third-order valence-electron chi connectivity index (χ3n) is 5.25. The first-order valence-corrected chi connectivity index (χ1v) is 10.7. The summed E-state index contributed by atoms with van der Waals surface area (Å²) < 4.78 is 41.0. The molecule has 0 fully saturated rings. The second-order valence-electron chi connectivity index (χ2n) is 7.60. The lowest BCUT2D eigenvalue weighted by Crippen LogP contribution is -2.27. The van der Waals surface area contributed by atoms with E-state index in [4.69, 9.17) is 23.2 Å². The van der Waals surface area contributed by atoms with E-state index in [9.17, 15) is 27.9 Å². The van der Waals surface area contributed by atoms with Crippen molar-refractivity contribution in [1.82, 2.24) is 15.0 Å². The minimum absolute atomic E-state index is 0.00738. The molecule has 0 aliphatic rings. The average molecular weight is 523 g/mol. The minimum Gasteiger partial charge on any atom is -0.505 e. The van der Waals surface area contributed by atoms with E-state index in [-0.39, 0.29) is 43.5 Å². The van der Waals surface area contributed by atoms with Crippen LogP contribution in [0.25, 0.3) is 10.9 Å². The van der Waals surface area contributed by atoms with Crippen molar-refractivity contribution < 1.29 is 23.1 Å². The zero-order valence-electron chi connectivity index (χ0n) is 17.8. The van der Waals surface area contributed by atoms with Gasteiger partial charge in [0.2, 0.25) is 0 Å². The van der Waals surface area contributed by atoms with Crippen LogP contribution in [0.2, 0.25) is 10.0 Å². The molecule has 12 heteroatoms. The van der Waals surface area contributed by atoms with Crippen LogP contribution in [0.5, 0.6) is 5.75 Å². The number of aromatic hydroxyl groups is 1. The Labute approximate surface area is 205 Å². The van der Waals surface area contributed by atoms with Gasteiger partial charge in [0.15, 0.2) is 5.75 Å². The Balaban J connectivity index is 1.79. The summed E-state index contributed by atoms with van der Waals surface area (Å²) in [6.07, 6.45) is -4.62. The van der Waals surface area contributed by atoms with Gasteiger partial charge in [0.25, 0.3) is 11.5 Å². The van der Waals surface area contributed by atoms with Crippen LogP contribution in [0.3, 0.4) is 0 Å². The van der Waals surface area contributed by atoms with Gasteiger partial charge in [0.05, 0.1) is 33.2 Å². The zero-order valence-corrected chi connectivity index (χ0v) is 19.3. The molecule has 4 aromatic rings. The molecule has 0 spiro atoms. The summed E-state index contributed by atoms with van der Waals surface area (Å²) in [6, 6.07) is 10.3. The van der Waals surface area contributed by atoms with E-state index in [1.54, 1.807) is 13.0 Å². The number of aryl methyl sites for hydroxylation is 1. The third-order valence-corrected chi connectivity index (χ3v) is 5.83. The van der Waals surface area contributed by atoms with Crippen molar-refractivity contribution in [3.8, 4) is 5.75 Å². The summed E-state index contributed by atoms with van der Waals surface area (Å²) >= 11 is 11.8. The molecule has 0 atom stereocenters. The monoisotopic (exact) mass is 522 g/mol. The molecule has 35 heavy (non-hydrogen) atoms. The van der Waals surface area contributed by atoms with Crippen LogP contribution in [0.1, 0.15) is 27.0 Å². The van der Waals surface area contributed by atoms with Crippen LogP contribution in [0, 0.1) is 6.92 Å². The number of nitrogens with zero attached hydrogens (tertiary/aromatic N) is 3. The summed E-state index contributed by atoms with van der Waals surface area (Å²) in [5, 5.41) is 19.8. The lowest BCUT2D eigenvalue weighted by atomic mass is 10.1. The van der Waals surface area contributed by atoms with Crippen LogP contribution in [-0.2, 0) is 12.7 Å². The van der Waals surface area contributed by atoms with Gasteiger partial charge in [-0.05, 0) is 42.3 Å². The van der Waals surface area contributed by atoms with Crippen molar-refractivity contribution in [3.05, 3.63) is 91.2 Å². The second kappa shape index (κ2) is 9.20. The molecular weight excluding hydrogens is 508 g/mol. The minimum atomic E-state index is -4.62. The second-order valence-corrected chi connectivity index (χ2v) is 8.42. The highest BCUT2D eigenvalue weighted by molar-refractivity contribution is 6.37. The van der Waals surface area contributed by atoms with Crippen molar-refractivity contribution in [1.29, 1.82) is 0 Å². The van der Waals surface area contributed by atoms with Crippen molar-refractivity contribution in [2.45, 2.75) is 19.6 Å². The number of phenolic OH excluding ortho intramolecular Hbond substituents is 1. The van der Waals surface area contributed by atoms with E-state index < -0.39 is 29.8 Å². The Kier molecular flexibility index (Phi) is 6.44. The molecule has 2 N–H and O–H groups in total. The van der Waals surface area contributed by atoms with Crippen LogP contribution in [0.15, 0.2) is 53.3 Å². The van der Waals surface area contributed by atoms with E-state index in [2.05, 4.69) is 15.6 Å². The zero-order chi connectivity index (χ0) is 25.5. The van der Waals surface area contributed by atoms with Gasteiger partial charge in [0.1, 0.15) is 5.52 Å². The molecule has 3 aromatic carbocycles. The lowest BCUT2D eigenvalue weighted by molar-refractivity contribution is -0.138. The number of rotatable bonds is 4. The molecule has 0 saturated carbocycles. The van der Waals surface area contributed by atoms with Gasteiger partial charge in [-0.25, -0.2) is 4.68 Å². The number of hydrogen-bond acceptors (Lipinski definition) is 5. The predicted molar refractivity (Wildman–Crippen MR) is 125 cm³/mol. The van der Waals surface area contributed by atoms with Crippen molar-refractivity contribution >= 4 is 45.7 Å². The molecule has 1 aromatic heterocycles. The first-order chi connectivity index (χ1) is 16.5. The molecule has 180 valence electrons. The highest BCUT2D eigenvalue weighted by atomic mass is 35.5. The number of nitrogens with one attached hydrogen (secondary N) is 1. The highest BCUT2D eigenvalue weighted by Gasteiger charge is 2.33. The number of alkyl halides is 3. The summed E-state index contributed by atoms with van der Waals surface area (Å²) in [5.41, 5.74) is -0.986. The van der Waals surface area contributed by atoms with Crippen LogP contribution in [-0.4, -0.2) is 26.0 Å². The maximum absolute atomic E-state index is 13.4. The lowest BCUT2D eigenvalue weighted by Gasteiger charge is -2.14. The molecule has 0 radical (unpaired) electrons. The number of amides is 1. The molecule has 4 rings (SSSR count). The van der Waals surface area contributed by atoms with E-state index in [0.29, 0.717) is 5.56 Å². The number of benzene rings is 3. The fourth-order valence-corrected chi connectivity index (χ4v) is 3.99. The average Bonchev–Trinajstić information content (AvgIpc) is 2.80. The van der Waals surface area contributed by atoms with Crippen molar-refractivity contribution in [3.63, 3.8) is 0 Å². The van der Waals surface area contributed by atoms with Gasteiger partial charge in [-0.3, -0.25) is 9.59 Å². The van der Waals surface area contributed by atoms with E-state index in [0.717, 1.165) is 10.7 Å². The maximum Gasteiger partial charge on any atom is 0.416 e. The van der Waals surface area contributed by atoms with Gasteiger partial charge >= 0.3 is 6.18 Å². The fourth-order valence-electron chi connectivity index (χ4n) is 3.50. The molecule has 1 heterocycles. The number of anilines is 1. The molecule has 0 aliphatic carbocycles. The Hall–Kier alpha value is -3.63. The fraction of sp³-hybridized carbons (Fsp3) is 0.130. The molecular formula is C23H15Cl2F3N4O3.